The van der Waals surface area contributed by atoms with Crippen molar-refractivity contribution < 1.29 is 9.53 Å². The fourth-order valence-electron chi connectivity index (χ4n) is 3.06. The van der Waals surface area contributed by atoms with Crippen molar-refractivity contribution >= 4 is 17.7 Å². The molecule has 134 valence electrons. The summed E-state index contributed by atoms with van der Waals surface area (Å²) >= 11 is 1.83. The molecule has 5 heteroatoms. The molecule has 0 aliphatic carbocycles. The van der Waals surface area contributed by atoms with Gasteiger partial charge in [0.15, 0.2) is 0 Å². The van der Waals surface area contributed by atoms with E-state index in [4.69, 9.17) is 10.5 Å². The van der Waals surface area contributed by atoms with Crippen molar-refractivity contribution in [1.82, 2.24) is 4.90 Å². The Bertz CT molecular complexity index is 542. The second-order valence-corrected chi connectivity index (χ2v) is 8.16. The Kier molecular flexibility index (Phi) is 7.14. The Balaban J connectivity index is 1.68. The third-order valence-corrected chi connectivity index (χ3v) is 6.09. The number of carbonyl (C=O) groups excluding carboxylic acids is 1. The molecular formula is C19H30N2O2S. The number of ether oxygens (including phenoxy) is 1. The van der Waals surface area contributed by atoms with Gasteiger partial charge < -0.3 is 15.4 Å². The average Bonchev–Trinajstić information content (AvgIpc) is 2.59. The molecule has 4 nitrogen and oxygen atoms in total. The normalized spacial score (nSPS) is 19.0. The van der Waals surface area contributed by atoms with Crippen LogP contribution in [0.1, 0.15) is 31.7 Å². The van der Waals surface area contributed by atoms with Crippen LogP contribution < -0.4 is 5.73 Å². The molecule has 0 amide bonds. The second kappa shape index (κ2) is 8.88. The lowest BCUT2D eigenvalue weighted by molar-refractivity contribution is -0.154. The molecule has 1 aromatic carbocycles. The van der Waals surface area contributed by atoms with Gasteiger partial charge in [0.05, 0.1) is 12.5 Å². The van der Waals surface area contributed by atoms with Gasteiger partial charge in [0.2, 0.25) is 0 Å². The average molecular weight is 351 g/mol. The molecule has 24 heavy (non-hydrogen) atoms. The first-order valence-corrected chi connectivity index (χ1v) is 9.67. The van der Waals surface area contributed by atoms with Crippen molar-refractivity contribution in [2.75, 3.05) is 32.5 Å². The summed E-state index contributed by atoms with van der Waals surface area (Å²) in [5, 5.41) is 0. The first-order chi connectivity index (χ1) is 11.4. The molecule has 1 heterocycles. The van der Waals surface area contributed by atoms with Crippen molar-refractivity contribution in [1.29, 1.82) is 0 Å². The lowest BCUT2D eigenvalue weighted by Crippen LogP contribution is -2.44. The highest BCUT2D eigenvalue weighted by atomic mass is 32.2. The van der Waals surface area contributed by atoms with Gasteiger partial charge in [-0.3, -0.25) is 4.79 Å². The summed E-state index contributed by atoms with van der Waals surface area (Å²) in [5.74, 6) is 0.866. The molecule has 2 N–H and O–H groups in total. The number of piperidine rings is 1. The van der Waals surface area contributed by atoms with Gasteiger partial charge in [0.25, 0.3) is 0 Å². The summed E-state index contributed by atoms with van der Waals surface area (Å²) in [7, 11) is 1.48. The maximum absolute atomic E-state index is 11.8. The van der Waals surface area contributed by atoms with Crippen LogP contribution >= 0.6 is 11.8 Å². The summed E-state index contributed by atoms with van der Waals surface area (Å²) in [6.45, 7) is 7.03. The highest BCUT2D eigenvalue weighted by Crippen LogP contribution is 2.32. The zero-order valence-electron chi connectivity index (χ0n) is 15.1. The van der Waals surface area contributed by atoms with Gasteiger partial charge in [-0.15, -0.1) is 11.8 Å². The topological polar surface area (TPSA) is 55.6 Å². The first-order valence-electron chi connectivity index (χ1n) is 8.69. The van der Waals surface area contributed by atoms with Crippen LogP contribution in [0.4, 0.5) is 0 Å². The quantitative estimate of drug-likeness (QED) is 0.605. The predicted octanol–water partition coefficient (Wildman–Crippen LogP) is 3.08. The van der Waals surface area contributed by atoms with E-state index in [1.165, 1.54) is 17.6 Å². The van der Waals surface area contributed by atoms with Gasteiger partial charge in [0, 0.05) is 16.7 Å². The third kappa shape index (κ3) is 5.50. The third-order valence-electron chi connectivity index (χ3n) is 4.91. The number of nitrogens with two attached hydrogens (primary N) is 1. The summed E-state index contributed by atoms with van der Waals surface area (Å²) in [4.78, 5) is 15.5. The maximum atomic E-state index is 11.8. The smallest absolute Gasteiger partial charge is 0.311 e. The molecule has 1 saturated heterocycles. The van der Waals surface area contributed by atoms with E-state index in [1.807, 2.05) is 18.7 Å². The highest BCUT2D eigenvalue weighted by Gasteiger charge is 2.37. The first kappa shape index (κ1) is 19.3. The monoisotopic (exact) mass is 350 g/mol. The largest absolute Gasteiger partial charge is 0.469 e. The van der Waals surface area contributed by atoms with Crippen molar-refractivity contribution in [2.45, 2.75) is 44.0 Å². The van der Waals surface area contributed by atoms with Crippen LogP contribution in [0.3, 0.4) is 0 Å². The van der Waals surface area contributed by atoms with Gasteiger partial charge >= 0.3 is 5.97 Å². The van der Waals surface area contributed by atoms with Crippen LogP contribution in [0.25, 0.3) is 0 Å². The minimum absolute atomic E-state index is 0.0756. The fourth-order valence-corrected chi connectivity index (χ4v) is 4.08. The number of aryl methyl sites for hydroxylation is 1. The summed E-state index contributed by atoms with van der Waals surface area (Å²) in [6, 6.07) is 8.75. The Morgan fingerprint density at radius 3 is 2.75 bits per heavy atom. The van der Waals surface area contributed by atoms with Gasteiger partial charge in [-0.1, -0.05) is 17.7 Å². The van der Waals surface area contributed by atoms with Crippen LogP contribution in [0.5, 0.6) is 0 Å². The number of likely N-dealkylation sites (tertiary alicyclic amines) is 1. The molecule has 1 aromatic rings. The standard InChI is InChI=1S/C19H30N2O2S/c1-15-5-4-6-17(13-15)24-14-16(20)7-10-21-11-8-19(2,9-12-21)18(22)23-3/h4-6,13,16H,7-12,14,20H2,1-3H3/t16-/m1/s1. The number of benzene rings is 1. The van der Waals surface area contributed by atoms with Crippen molar-refractivity contribution in [3.63, 3.8) is 0 Å². The number of hydrogen-bond donors (Lipinski definition) is 1. The van der Waals surface area contributed by atoms with Crippen LogP contribution in [0.15, 0.2) is 29.2 Å². The van der Waals surface area contributed by atoms with Crippen LogP contribution in [-0.4, -0.2) is 49.4 Å². The maximum Gasteiger partial charge on any atom is 0.311 e. The van der Waals surface area contributed by atoms with Gasteiger partial charge in [-0.25, -0.2) is 0 Å². The summed E-state index contributed by atoms with van der Waals surface area (Å²) < 4.78 is 4.93. The van der Waals surface area contributed by atoms with Gasteiger partial charge in [0.1, 0.15) is 0 Å². The van der Waals surface area contributed by atoms with Crippen molar-refractivity contribution in [2.24, 2.45) is 11.1 Å². The molecule has 0 saturated carbocycles. The zero-order chi connectivity index (χ0) is 17.6. The molecule has 1 fully saturated rings. The summed E-state index contributed by atoms with van der Waals surface area (Å²) in [6.07, 6.45) is 2.73. The van der Waals surface area contributed by atoms with E-state index < -0.39 is 0 Å². The van der Waals surface area contributed by atoms with E-state index in [9.17, 15) is 4.79 Å². The Labute approximate surface area is 150 Å². The van der Waals surface area contributed by atoms with Crippen molar-refractivity contribution in [3.8, 4) is 0 Å². The number of carbonyl (C=O) groups is 1. The number of methoxy groups -OCH3 is 1. The predicted molar refractivity (Wildman–Crippen MR) is 100 cm³/mol. The molecule has 2 rings (SSSR count). The lowest BCUT2D eigenvalue weighted by atomic mass is 9.80. The summed E-state index contributed by atoms with van der Waals surface area (Å²) in [5.41, 5.74) is 7.25. The van der Waals surface area contributed by atoms with Crippen molar-refractivity contribution in [3.05, 3.63) is 29.8 Å². The molecule has 0 aromatic heterocycles. The van der Waals surface area contributed by atoms with E-state index >= 15 is 0 Å². The number of nitrogens with zero attached hydrogens (tertiary/aromatic N) is 1. The van der Waals surface area contributed by atoms with Gasteiger partial charge in [-0.2, -0.15) is 0 Å². The molecule has 0 spiro atoms. The van der Waals surface area contributed by atoms with Crippen LogP contribution in [0.2, 0.25) is 0 Å². The van der Waals surface area contributed by atoms with Crippen LogP contribution in [0, 0.1) is 12.3 Å². The number of hydrogen-bond acceptors (Lipinski definition) is 5. The van der Waals surface area contributed by atoms with E-state index in [2.05, 4.69) is 36.1 Å². The Morgan fingerprint density at radius 2 is 2.12 bits per heavy atom. The lowest BCUT2D eigenvalue weighted by Gasteiger charge is -2.37. The number of esters is 1. The molecule has 1 aliphatic heterocycles. The SMILES string of the molecule is COC(=O)C1(C)CCN(CC[C@@H](N)CSc2cccc(C)c2)CC1. The zero-order valence-corrected chi connectivity index (χ0v) is 15.9. The molecular weight excluding hydrogens is 320 g/mol. The fraction of sp³-hybridized carbons (Fsp3) is 0.632. The Hall–Kier alpha value is -1.04. The van der Waals surface area contributed by atoms with E-state index in [1.54, 1.807) is 0 Å². The number of rotatable bonds is 7. The minimum atomic E-state index is -0.311. The van der Waals surface area contributed by atoms with Crippen LogP contribution in [-0.2, 0) is 9.53 Å². The van der Waals surface area contributed by atoms with E-state index in [0.717, 1.165) is 44.6 Å². The Morgan fingerprint density at radius 1 is 1.42 bits per heavy atom. The molecule has 1 atom stereocenters. The van der Waals surface area contributed by atoms with Gasteiger partial charge in [-0.05, 0) is 64.9 Å². The number of thioether (sulfide) groups is 1. The van der Waals surface area contributed by atoms with E-state index in [-0.39, 0.29) is 17.4 Å². The second-order valence-electron chi connectivity index (χ2n) is 7.07. The molecule has 0 radical (unpaired) electrons. The molecule has 0 bridgehead atoms. The highest BCUT2D eigenvalue weighted by molar-refractivity contribution is 7.99. The molecule has 1 aliphatic rings. The molecule has 0 unspecified atom stereocenters. The van der Waals surface area contributed by atoms with E-state index in [0.29, 0.717) is 0 Å². The minimum Gasteiger partial charge on any atom is -0.469 e.